The van der Waals surface area contributed by atoms with E-state index >= 15 is 0 Å². The zero-order valence-corrected chi connectivity index (χ0v) is 14.4. The zero-order chi connectivity index (χ0) is 16.7. The molecule has 24 heavy (non-hydrogen) atoms. The summed E-state index contributed by atoms with van der Waals surface area (Å²) in [6, 6.07) is 26.2. The van der Waals surface area contributed by atoms with Crippen molar-refractivity contribution >= 4 is 21.7 Å². The van der Waals surface area contributed by atoms with Gasteiger partial charge in [-0.25, -0.2) is 4.98 Å². The van der Waals surface area contributed by atoms with Gasteiger partial charge in [-0.15, -0.1) is 0 Å². The molecule has 1 heterocycles. The van der Waals surface area contributed by atoms with Gasteiger partial charge in [-0.3, -0.25) is 0 Å². The summed E-state index contributed by atoms with van der Waals surface area (Å²) in [4.78, 5) is 3.59. The minimum absolute atomic E-state index is 0.185. The van der Waals surface area contributed by atoms with Crippen LogP contribution in [-0.4, -0.2) is 0 Å². The van der Waals surface area contributed by atoms with Gasteiger partial charge in [-0.05, 0) is 46.0 Å². The summed E-state index contributed by atoms with van der Waals surface area (Å²) in [6.07, 6.45) is 0. The molecule has 0 atom stereocenters. The van der Waals surface area contributed by atoms with Crippen molar-refractivity contribution < 1.29 is 4.98 Å². The van der Waals surface area contributed by atoms with Crippen LogP contribution < -0.4 is 4.98 Å². The quantitative estimate of drug-likeness (QED) is 0.396. The van der Waals surface area contributed by atoms with Crippen molar-refractivity contribution in [3.63, 3.8) is 0 Å². The summed E-state index contributed by atoms with van der Waals surface area (Å²) >= 11 is 0. The molecule has 0 bridgehead atoms. The van der Waals surface area contributed by atoms with Gasteiger partial charge in [0.05, 0.1) is 5.39 Å². The lowest BCUT2D eigenvalue weighted by Crippen LogP contribution is -2.11. The molecule has 0 unspecified atom stereocenters. The van der Waals surface area contributed by atoms with Gasteiger partial charge >= 0.3 is 0 Å². The highest BCUT2D eigenvalue weighted by atomic mass is 14.7. The fourth-order valence-electron chi connectivity index (χ4n) is 3.26. The summed E-state index contributed by atoms with van der Waals surface area (Å²) < 4.78 is 0. The van der Waals surface area contributed by atoms with E-state index in [1.807, 2.05) is 0 Å². The zero-order valence-electron chi connectivity index (χ0n) is 14.4. The second kappa shape index (κ2) is 5.45. The second-order valence-corrected chi connectivity index (χ2v) is 7.45. The Hall–Kier alpha value is -2.67. The first-order valence-corrected chi connectivity index (χ1v) is 8.47. The normalized spacial score (nSPS) is 12.0. The van der Waals surface area contributed by atoms with E-state index in [0.717, 1.165) is 5.69 Å². The Labute approximate surface area is 143 Å². The number of pyridine rings is 1. The van der Waals surface area contributed by atoms with Crippen molar-refractivity contribution in [2.24, 2.45) is 0 Å². The Morgan fingerprint density at radius 3 is 2.17 bits per heavy atom. The average Bonchev–Trinajstić information content (AvgIpc) is 2.60. The van der Waals surface area contributed by atoms with E-state index in [-0.39, 0.29) is 5.41 Å². The lowest BCUT2D eigenvalue weighted by atomic mass is 9.86. The maximum Gasteiger partial charge on any atom is 0.211 e. The Morgan fingerprint density at radius 1 is 0.667 bits per heavy atom. The second-order valence-electron chi connectivity index (χ2n) is 7.45. The number of hydrogen-bond donors (Lipinski definition) is 0. The summed E-state index contributed by atoms with van der Waals surface area (Å²) in [5.74, 6) is 0. The molecule has 1 heteroatoms. The van der Waals surface area contributed by atoms with Crippen LogP contribution in [0.25, 0.3) is 32.9 Å². The monoisotopic (exact) mass is 312 g/mol. The number of H-pyrrole nitrogens is 1. The largest absolute Gasteiger partial charge is 0.211 e. The molecule has 4 rings (SSSR count). The predicted octanol–water partition coefficient (Wildman–Crippen LogP) is 5.77. The van der Waals surface area contributed by atoms with Gasteiger partial charge in [0.1, 0.15) is 0 Å². The first-order valence-electron chi connectivity index (χ1n) is 8.47. The highest BCUT2D eigenvalue weighted by molar-refractivity contribution is 6.05. The number of rotatable bonds is 1. The molecule has 0 aliphatic rings. The standard InChI is InChI=1S/C23H21N/c1-23(2,3)18-11-8-17(9-12-18)21-15-13-20-19-7-5-4-6-16(19)10-14-22(20)24-21/h4-15H,1-3H3/p+1. The molecular weight excluding hydrogens is 290 g/mol. The molecule has 1 nitrogen and oxygen atoms in total. The number of benzene rings is 3. The Balaban J connectivity index is 1.82. The van der Waals surface area contributed by atoms with Crippen LogP contribution in [-0.2, 0) is 5.41 Å². The lowest BCUT2D eigenvalue weighted by Gasteiger charge is -2.18. The van der Waals surface area contributed by atoms with E-state index in [0.29, 0.717) is 0 Å². The van der Waals surface area contributed by atoms with Crippen LogP contribution in [0.4, 0.5) is 0 Å². The molecular formula is C23H22N+. The van der Waals surface area contributed by atoms with Crippen LogP contribution in [0.3, 0.4) is 0 Å². The Morgan fingerprint density at radius 2 is 1.42 bits per heavy atom. The molecule has 0 fully saturated rings. The van der Waals surface area contributed by atoms with Crippen molar-refractivity contribution in [2.45, 2.75) is 26.2 Å². The first-order chi connectivity index (χ1) is 11.5. The van der Waals surface area contributed by atoms with E-state index in [9.17, 15) is 0 Å². The molecule has 0 aliphatic heterocycles. The lowest BCUT2D eigenvalue weighted by molar-refractivity contribution is -0.330. The van der Waals surface area contributed by atoms with E-state index < -0.39 is 0 Å². The molecule has 1 N–H and O–H groups in total. The van der Waals surface area contributed by atoms with Gasteiger partial charge in [0.25, 0.3) is 0 Å². The highest BCUT2D eigenvalue weighted by Crippen LogP contribution is 2.27. The van der Waals surface area contributed by atoms with Gasteiger partial charge < -0.3 is 0 Å². The minimum atomic E-state index is 0.185. The van der Waals surface area contributed by atoms with Crippen molar-refractivity contribution in [1.29, 1.82) is 0 Å². The van der Waals surface area contributed by atoms with Crippen molar-refractivity contribution in [3.05, 3.63) is 78.4 Å². The molecule has 0 saturated carbocycles. The minimum Gasteiger partial charge on any atom is -0.204 e. The maximum absolute atomic E-state index is 3.59. The number of aromatic nitrogens is 1. The SMILES string of the molecule is CC(C)(C)c1ccc(-c2ccc3c(ccc4ccccc43)[nH+]2)cc1. The molecule has 0 spiro atoms. The van der Waals surface area contributed by atoms with Crippen molar-refractivity contribution in [1.82, 2.24) is 0 Å². The van der Waals surface area contributed by atoms with E-state index in [1.54, 1.807) is 0 Å². The van der Waals surface area contributed by atoms with Gasteiger partial charge in [0.15, 0.2) is 0 Å². The van der Waals surface area contributed by atoms with Crippen LogP contribution in [0.1, 0.15) is 26.3 Å². The van der Waals surface area contributed by atoms with E-state index in [1.165, 1.54) is 32.8 Å². The topological polar surface area (TPSA) is 14.1 Å². The van der Waals surface area contributed by atoms with Gasteiger partial charge in [0, 0.05) is 17.7 Å². The van der Waals surface area contributed by atoms with Crippen LogP contribution >= 0.6 is 0 Å². The average molecular weight is 312 g/mol. The number of nitrogens with one attached hydrogen (secondary N) is 1. The molecule has 1 aromatic heterocycles. The van der Waals surface area contributed by atoms with Gasteiger partial charge in [-0.1, -0.05) is 57.2 Å². The number of hydrogen-bond acceptors (Lipinski definition) is 0. The van der Waals surface area contributed by atoms with Crippen LogP contribution in [0, 0.1) is 0 Å². The molecule has 118 valence electrons. The van der Waals surface area contributed by atoms with Crippen LogP contribution in [0.5, 0.6) is 0 Å². The van der Waals surface area contributed by atoms with Crippen molar-refractivity contribution in [3.8, 4) is 11.3 Å². The third kappa shape index (κ3) is 2.56. The van der Waals surface area contributed by atoms with Gasteiger partial charge in [0.2, 0.25) is 11.2 Å². The summed E-state index contributed by atoms with van der Waals surface area (Å²) in [5, 5.41) is 3.84. The van der Waals surface area contributed by atoms with E-state index in [2.05, 4.69) is 98.6 Å². The third-order valence-corrected chi connectivity index (χ3v) is 4.72. The fourth-order valence-corrected chi connectivity index (χ4v) is 3.26. The smallest absolute Gasteiger partial charge is 0.204 e. The van der Waals surface area contributed by atoms with E-state index in [4.69, 9.17) is 0 Å². The van der Waals surface area contributed by atoms with Crippen LogP contribution in [0.2, 0.25) is 0 Å². The molecule has 0 radical (unpaired) electrons. The highest BCUT2D eigenvalue weighted by Gasteiger charge is 2.15. The predicted molar refractivity (Wildman–Crippen MR) is 102 cm³/mol. The molecule has 0 saturated heterocycles. The Bertz CT molecular complexity index is 1020. The fraction of sp³-hybridized carbons (Fsp3) is 0.174. The first kappa shape index (κ1) is 14.9. The molecule has 4 aromatic rings. The Kier molecular flexibility index (Phi) is 3.38. The molecule has 0 aliphatic carbocycles. The maximum atomic E-state index is 3.59. The summed E-state index contributed by atoms with van der Waals surface area (Å²) in [6.45, 7) is 6.74. The number of aromatic amines is 1. The molecule has 0 amide bonds. The van der Waals surface area contributed by atoms with Crippen molar-refractivity contribution in [2.75, 3.05) is 0 Å². The van der Waals surface area contributed by atoms with Crippen LogP contribution in [0.15, 0.2) is 72.8 Å². The molecule has 3 aromatic carbocycles. The third-order valence-electron chi connectivity index (χ3n) is 4.72. The van der Waals surface area contributed by atoms with Gasteiger partial charge in [-0.2, -0.15) is 0 Å². The number of fused-ring (bicyclic) bond motifs is 3. The summed E-state index contributed by atoms with van der Waals surface area (Å²) in [5.41, 5.74) is 5.09. The summed E-state index contributed by atoms with van der Waals surface area (Å²) in [7, 11) is 0.